The standard InChI is InChI=1S/C19H22O2/c1-2-19(20,14-15-8-4-3-5-9-15)17-12-6-10-16-11-7-13-21-18(16)17/h3-6,8-10,12,20H,2,7,11,13-14H2,1H3. The van der Waals surface area contributed by atoms with Crippen LogP contribution in [0.25, 0.3) is 0 Å². The molecule has 0 fully saturated rings. The van der Waals surface area contributed by atoms with Crippen molar-refractivity contribution in [1.82, 2.24) is 0 Å². The van der Waals surface area contributed by atoms with Crippen LogP contribution in [-0.2, 0) is 18.4 Å². The average Bonchev–Trinajstić information content (AvgIpc) is 2.55. The van der Waals surface area contributed by atoms with Crippen LogP contribution in [0.15, 0.2) is 48.5 Å². The lowest BCUT2D eigenvalue weighted by molar-refractivity contribution is 0.0291. The van der Waals surface area contributed by atoms with Crippen LogP contribution in [0.4, 0.5) is 0 Å². The van der Waals surface area contributed by atoms with Gasteiger partial charge in [0.1, 0.15) is 5.75 Å². The summed E-state index contributed by atoms with van der Waals surface area (Å²) in [5.41, 5.74) is 2.43. The molecule has 0 radical (unpaired) electrons. The summed E-state index contributed by atoms with van der Waals surface area (Å²) >= 11 is 0. The third-order valence-electron chi connectivity index (χ3n) is 4.36. The second kappa shape index (κ2) is 5.90. The molecule has 2 nitrogen and oxygen atoms in total. The number of ether oxygens (including phenoxy) is 1. The van der Waals surface area contributed by atoms with E-state index in [1.165, 1.54) is 5.56 Å². The molecule has 2 aromatic carbocycles. The number of fused-ring (bicyclic) bond motifs is 1. The van der Waals surface area contributed by atoms with Gasteiger partial charge in [-0.1, -0.05) is 55.5 Å². The van der Waals surface area contributed by atoms with Crippen molar-refractivity contribution in [2.45, 2.75) is 38.2 Å². The molecule has 0 spiro atoms. The van der Waals surface area contributed by atoms with Gasteiger partial charge < -0.3 is 9.84 Å². The predicted molar refractivity (Wildman–Crippen MR) is 84.6 cm³/mol. The number of aryl methyl sites for hydroxylation is 1. The molecule has 110 valence electrons. The maximum absolute atomic E-state index is 11.2. The van der Waals surface area contributed by atoms with Gasteiger partial charge in [0.15, 0.2) is 0 Å². The Bertz CT molecular complexity index is 606. The van der Waals surface area contributed by atoms with E-state index in [9.17, 15) is 5.11 Å². The predicted octanol–water partition coefficient (Wildman–Crippen LogP) is 3.85. The lowest BCUT2D eigenvalue weighted by Crippen LogP contribution is -2.29. The summed E-state index contributed by atoms with van der Waals surface area (Å²) in [6.45, 7) is 2.78. The van der Waals surface area contributed by atoms with Crippen molar-refractivity contribution in [3.63, 3.8) is 0 Å². The van der Waals surface area contributed by atoms with Gasteiger partial charge in [0, 0.05) is 12.0 Å². The molecule has 21 heavy (non-hydrogen) atoms. The van der Waals surface area contributed by atoms with Crippen LogP contribution < -0.4 is 4.74 Å². The van der Waals surface area contributed by atoms with Crippen LogP contribution >= 0.6 is 0 Å². The van der Waals surface area contributed by atoms with Gasteiger partial charge in [-0.05, 0) is 30.4 Å². The lowest BCUT2D eigenvalue weighted by atomic mass is 9.83. The van der Waals surface area contributed by atoms with Crippen molar-refractivity contribution in [2.75, 3.05) is 6.61 Å². The number of para-hydroxylation sites is 1. The molecular weight excluding hydrogens is 260 g/mol. The van der Waals surface area contributed by atoms with Crippen molar-refractivity contribution in [2.24, 2.45) is 0 Å². The first-order chi connectivity index (χ1) is 10.2. The van der Waals surface area contributed by atoms with Crippen molar-refractivity contribution in [1.29, 1.82) is 0 Å². The van der Waals surface area contributed by atoms with Crippen LogP contribution in [-0.4, -0.2) is 11.7 Å². The molecule has 1 aliphatic heterocycles. The maximum atomic E-state index is 11.2. The van der Waals surface area contributed by atoms with E-state index in [2.05, 4.69) is 18.2 Å². The van der Waals surface area contributed by atoms with Gasteiger partial charge in [-0.3, -0.25) is 0 Å². The minimum atomic E-state index is -0.871. The smallest absolute Gasteiger partial charge is 0.128 e. The van der Waals surface area contributed by atoms with Crippen molar-refractivity contribution in [3.05, 3.63) is 65.2 Å². The lowest BCUT2D eigenvalue weighted by Gasteiger charge is -2.32. The summed E-state index contributed by atoms with van der Waals surface area (Å²) in [6, 6.07) is 16.3. The van der Waals surface area contributed by atoms with Gasteiger partial charge in [-0.15, -0.1) is 0 Å². The number of aliphatic hydroxyl groups is 1. The first kappa shape index (κ1) is 14.2. The molecule has 0 aromatic heterocycles. The van der Waals surface area contributed by atoms with E-state index in [4.69, 9.17) is 4.74 Å². The molecule has 1 aliphatic rings. The van der Waals surface area contributed by atoms with Gasteiger partial charge >= 0.3 is 0 Å². The Balaban J connectivity index is 1.99. The maximum Gasteiger partial charge on any atom is 0.128 e. The van der Waals surface area contributed by atoms with Gasteiger partial charge in [0.25, 0.3) is 0 Å². The van der Waals surface area contributed by atoms with Gasteiger partial charge in [0.2, 0.25) is 0 Å². The van der Waals surface area contributed by atoms with E-state index < -0.39 is 5.60 Å². The van der Waals surface area contributed by atoms with Gasteiger partial charge in [-0.25, -0.2) is 0 Å². The summed E-state index contributed by atoms with van der Waals surface area (Å²) in [7, 11) is 0. The van der Waals surface area contributed by atoms with Crippen molar-refractivity contribution in [3.8, 4) is 5.75 Å². The summed E-state index contributed by atoms with van der Waals surface area (Å²) < 4.78 is 5.88. The second-order valence-corrected chi connectivity index (χ2v) is 5.79. The number of rotatable bonds is 4. The largest absolute Gasteiger partial charge is 0.493 e. The molecule has 1 atom stereocenters. The normalized spacial score (nSPS) is 16.7. The summed E-state index contributed by atoms with van der Waals surface area (Å²) in [5, 5.41) is 11.2. The Hall–Kier alpha value is -1.80. The van der Waals surface area contributed by atoms with Crippen LogP contribution in [0.3, 0.4) is 0 Å². The topological polar surface area (TPSA) is 29.5 Å². The minimum Gasteiger partial charge on any atom is -0.493 e. The molecule has 0 amide bonds. The molecule has 0 saturated carbocycles. The van der Waals surface area contributed by atoms with Crippen LogP contribution in [0.1, 0.15) is 36.5 Å². The minimum absolute atomic E-state index is 0.615. The molecule has 0 bridgehead atoms. The van der Waals surface area contributed by atoms with E-state index in [0.29, 0.717) is 12.8 Å². The monoisotopic (exact) mass is 282 g/mol. The summed E-state index contributed by atoms with van der Waals surface area (Å²) in [5.74, 6) is 0.907. The molecule has 2 aromatic rings. The van der Waals surface area contributed by atoms with E-state index in [0.717, 1.165) is 36.3 Å². The fourth-order valence-electron chi connectivity index (χ4n) is 3.10. The molecule has 1 unspecified atom stereocenters. The Morgan fingerprint density at radius 3 is 2.67 bits per heavy atom. The second-order valence-electron chi connectivity index (χ2n) is 5.79. The number of hydrogen-bond donors (Lipinski definition) is 1. The molecular formula is C19H22O2. The van der Waals surface area contributed by atoms with E-state index in [-0.39, 0.29) is 0 Å². The van der Waals surface area contributed by atoms with E-state index in [1.54, 1.807) is 0 Å². The first-order valence-corrected chi connectivity index (χ1v) is 7.74. The Morgan fingerprint density at radius 1 is 1.10 bits per heavy atom. The fraction of sp³-hybridized carbons (Fsp3) is 0.368. The zero-order valence-electron chi connectivity index (χ0n) is 12.5. The summed E-state index contributed by atoms with van der Waals surface area (Å²) in [4.78, 5) is 0. The average molecular weight is 282 g/mol. The molecule has 1 N–H and O–H groups in total. The highest BCUT2D eigenvalue weighted by Gasteiger charge is 2.32. The van der Waals surface area contributed by atoms with Gasteiger partial charge in [0.05, 0.1) is 12.2 Å². The van der Waals surface area contributed by atoms with E-state index in [1.807, 2.05) is 37.3 Å². The highest BCUT2D eigenvalue weighted by atomic mass is 16.5. The number of hydrogen-bond acceptors (Lipinski definition) is 2. The Kier molecular flexibility index (Phi) is 3.98. The quantitative estimate of drug-likeness (QED) is 0.923. The highest BCUT2D eigenvalue weighted by molar-refractivity contribution is 5.46. The third-order valence-corrected chi connectivity index (χ3v) is 4.36. The first-order valence-electron chi connectivity index (χ1n) is 7.74. The zero-order valence-corrected chi connectivity index (χ0v) is 12.5. The molecule has 0 aliphatic carbocycles. The molecule has 2 heteroatoms. The Labute approximate surface area is 126 Å². The zero-order chi connectivity index (χ0) is 14.7. The van der Waals surface area contributed by atoms with Crippen molar-refractivity contribution < 1.29 is 9.84 Å². The summed E-state index contributed by atoms with van der Waals surface area (Å²) in [6.07, 6.45) is 3.37. The molecule has 3 rings (SSSR count). The van der Waals surface area contributed by atoms with Gasteiger partial charge in [-0.2, -0.15) is 0 Å². The Morgan fingerprint density at radius 2 is 1.90 bits per heavy atom. The number of benzene rings is 2. The third kappa shape index (κ3) is 2.81. The van der Waals surface area contributed by atoms with Crippen LogP contribution in [0, 0.1) is 0 Å². The molecule has 0 saturated heterocycles. The van der Waals surface area contributed by atoms with Crippen LogP contribution in [0.2, 0.25) is 0 Å². The SMILES string of the molecule is CCC(O)(Cc1ccccc1)c1cccc2c1OCCC2. The van der Waals surface area contributed by atoms with E-state index >= 15 is 0 Å². The fourth-order valence-corrected chi connectivity index (χ4v) is 3.10. The molecule has 1 heterocycles. The van der Waals surface area contributed by atoms with Crippen LogP contribution in [0.5, 0.6) is 5.75 Å². The van der Waals surface area contributed by atoms with Crippen molar-refractivity contribution >= 4 is 0 Å². The highest BCUT2D eigenvalue weighted by Crippen LogP contribution is 2.39.